The van der Waals surface area contributed by atoms with Gasteiger partial charge in [-0.2, -0.15) is 5.10 Å². The summed E-state index contributed by atoms with van der Waals surface area (Å²) >= 11 is 0. The van der Waals surface area contributed by atoms with Crippen LogP contribution in [0.4, 0.5) is 0 Å². The van der Waals surface area contributed by atoms with Gasteiger partial charge in [0.15, 0.2) is 0 Å². The van der Waals surface area contributed by atoms with E-state index in [1.807, 2.05) is 24.3 Å². The lowest BCUT2D eigenvalue weighted by atomic mass is 10.1. The van der Waals surface area contributed by atoms with Crippen molar-refractivity contribution in [3.05, 3.63) is 35.5 Å². The molecule has 0 spiro atoms. The van der Waals surface area contributed by atoms with Gasteiger partial charge >= 0.3 is 5.97 Å². The third-order valence-corrected chi connectivity index (χ3v) is 3.32. The van der Waals surface area contributed by atoms with Crippen molar-refractivity contribution in [3.8, 4) is 17.0 Å². The van der Waals surface area contributed by atoms with E-state index in [4.69, 9.17) is 9.84 Å². The molecule has 0 bridgehead atoms. The Morgan fingerprint density at radius 3 is 2.52 bits per heavy atom. The molecule has 0 amide bonds. The van der Waals surface area contributed by atoms with Crippen molar-refractivity contribution in [1.82, 2.24) is 10.2 Å². The molecule has 0 saturated carbocycles. The van der Waals surface area contributed by atoms with Crippen LogP contribution in [0.25, 0.3) is 11.3 Å². The molecule has 0 atom stereocenters. The second kappa shape index (κ2) is 6.43. The highest BCUT2D eigenvalue weighted by molar-refractivity contribution is 5.89. The van der Waals surface area contributed by atoms with Crippen LogP contribution >= 0.6 is 0 Å². The number of aromatic nitrogens is 2. The van der Waals surface area contributed by atoms with Crippen molar-refractivity contribution in [3.63, 3.8) is 0 Å². The fraction of sp³-hybridized carbons (Fsp3) is 0.375. The molecule has 5 nitrogen and oxygen atoms in total. The van der Waals surface area contributed by atoms with E-state index in [1.165, 1.54) is 0 Å². The number of rotatable bonds is 6. The van der Waals surface area contributed by atoms with Crippen molar-refractivity contribution >= 4 is 5.97 Å². The van der Waals surface area contributed by atoms with E-state index >= 15 is 0 Å². The molecule has 0 aliphatic carbocycles. The van der Waals surface area contributed by atoms with Gasteiger partial charge in [0.25, 0.3) is 0 Å². The molecule has 21 heavy (non-hydrogen) atoms. The van der Waals surface area contributed by atoms with Gasteiger partial charge < -0.3 is 9.84 Å². The molecule has 2 N–H and O–H groups in total. The first-order valence-electron chi connectivity index (χ1n) is 7.00. The average molecular weight is 288 g/mol. The zero-order chi connectivity index (χ0) is 15.4. The van der Waals surface area contributed by atoms with Gasteiger partial charge in [0.05, 0.1) is 12.3 Å². The minimum absolute atomic E-state index is 0.127. The topological polar surface area (TPSA) is 75.2 Å². The summed E-state index contributed by atoms with van der Waals surface area (Å²) in [5, 5.41) is 15.6. The number of aromatic amines is 1. The van der Waals surface area contributed by atoms with Crippen LogP contribution in [0.5, 0.6) is 5.75 Å². The predicted octanol–water partition coefficient (Wildman–Crippen LogP) is 3.51. The third-order valence-electron chi connectivity index (χ3n) is 3.32. The lowest BCUT2D eigenvalue weighted by Crippen LogP contribution is -2.01. The molecule has 5 heteroatoms. The van der Waals surface area contributed by atoms with Crippen molar-refractivity contribution in [2.24, 2.45) is 5.92 Å². The van der Waals surface area contributed by atoms with Gasteiger partial charge in [-0.25, -0.2) is 4.79 Å². The van der Waals surface area contributed by atoms with Crippen molar-refractivity contribution in [1.29, 1.82) is 0 Å². The van der Waals surface area contributed by atoms with E-state index in [1.54, 1.807) is 6.92 Å². The smallest absolute Gasteiger partial charge is 0.354 e. The van der Waals surface area contributed by atoms with Crippen LogP contribution in [0.15, 0.2) is 24.3 Å². The molecule has 1 aromatic heterocycles. The Hall–Kier alpha value is -2.30. The number of benzene rings is 1. The summed E-state index contributed by atoms with van der Waals surface area (Å²) in [7, 11) is 0. The maximum Gasteiger partial charge on any atom is 0.354 e. The number of nitrogens with zero attached hydrogens (tertiary/aromatic N) is 1. The number of carboxylic acid groups (broad SMARTS) is 1. The van der Waals surface area contributed by atoms with E-state index in [-0.39, 0.29) is 5.69 Å². The Bertz CT molecular complexity index is 615. The van der Waals surface area contributed by atoms with Gasteiger partial charge in [-0.05, 0) is 43.5 Å². The fourth-order valence-corrected chi connectivity index (χ4v) is 2.01. The van der Waals surface area contributed by atoms with Crippen molar-refractivity contribution < 1.29 is 14.6 Å². The highest BCUT2D eigenvalue weighted by atomic mass is 16.5. The second-order valence-electron chi connectivity index (χ2n) is 5.43. The number of hydrogen-bond acceptors (Lipinski definition) is 3. The van der Waals surface area contributed by atoms with Gasteiger partial charge in [-0.15, -0.1) is 0 Å². The van der Waals surface area contributed by atoms with Gasteiger partial charge in [-0.3, -0.25) is 5.10 Å². The summed E-state index contributed by atoms with van der Waals surface area (Å²) in [6, 6.07) is 7.54. The normalized spacial score (nSPS) is 10.9. The number of aromatic carboxylic acids is 1. The molecule has 0 unspecified atom stereocenters. The number of ether oxygens (including phenoxy) is 1. The van der Waals surface area contributed by atoms with Crippen LogP contribution in [0.3, 0.4) is 0 Å². The lowest BCUT2D eigenvalue weighted by Gasteiger charge is -2.08. The van der Waals surface area contributed by atoms with E-state index in [9.17, 15) is 4.79 Å². The van der Waals surface area contributed by atoms with Crippen LogP contribution in [0.1, 0.15) is 36.3 Å². The van der Waals surface area contributed by atoms with Crippen molar-refractivity contribution in [2.75, 3.05) is 6.61 Å². The monoisotopic (exact) mass is 288 g/mol. The molecule has 1 aromatic carbocycles. The van der Waals surface area contributed by atoms with E-state index in [0.717, 1.165) is 17.7 Å². The summed E-state index contributed by atoms with van der Waals surface area (Å²) < 4.78 is 5.66. The number of nitrogens with one attached hydrogen (secondary N) is 1. The first-order valence-corrected chi connectivity index (χ1v) is 7.00. The summed E-state index contributed by atoms with van der Waals surface area (Å²) in [6.45, 7) is 6.76. The number of H-pyrrole nitrogens is 1. The van der Waals surface area contributed by atoms with Gasteiger partial charge in [-0.1, -0.05) is 13.8 Å². The maximum absolute atomic E-state index is 11.0. The molecule has 0 radical (unpaired) electrons. The van der Waals surface area contributed by atoms with Crippen LogP contribution in [-0.2, 0) is 0 Å². The molecular formula is C16H20N2O3. The molecule has 0 saturated heterocycles. The zero-order valence-corrected chi connectivity index (χ0v) is 12.5. The first-order chi connectivity index (χ1) is 9.99. The van der Waals surface area contributed by atoms with Gasteiger partial charge in [0, 0.05) is 11.1 Å². The fourth-order valence-electron chi connectivity index (χ4n) is 2.01. The SMILES string of the molecule is Cc1c(-c2ccc(OCCC(C)C)cc2)n[nH]c1C(=O)O. The Kier molecular flexibility index (Phi) is 4.62. The number of carboxylic acids is 1. The molecule has 1 heterocycles. The molecule has 112 valence electrons. The standard InChI is InChI=1S/C16H20N2O3/c1-10(2)8-9-21-13-6-4-12(5-7-13)14-11(3)15(16(19)20)18-17-14/h4-7,10H,8-9H2,1-3H3,(H,17,18)(H,19,20). The molecule has 0 fully saturated rings. The summed E-state index contributed by atoms with van der Waals surface area (Å²) in [6.07, 6.45) is 1.02. The molecule has 0 aliphatic heterocycles. The minimum atomic E-state index is -1.00. The van der Waals surface area contributed by atoms with Gasteiger partial charge in [0.2, 0.25) is 0 Å². The zero-order valence-electron chi connectivity index (χ0n) is 12.5. The number of carbonyl (C=O) groups is 1. The van der Waals surface area contributed by atoms with E-state index < -0.39 is 5.97 Å². The predicted molar refractivity (Wildman–Crippen MR) is 80.7 cm³/mol. The van der Waals surface area contributed by atoms with E-state index in [0.29, 0.717) is 23.8 Å². The Morgan fingerprint density at radius 2 is 2.00 bits per heavy atom. The maximum atomic E-state index is 11.0. The minimum Gasteiger partial charge on any atom is -0.494 e. The Balaban J connectivity index is 2.10. The third kappa shape index (κ3) is 3.62. The molecule has 2 aromatic rings. The van der Waals surface area contributed by atoms with Crippen molar-refractivity contribution in [2.45, 2.75) is 27.2 Å². The Morgan fingerprint density at radius 1 is 1.33 bits per heavy atom. The largest absolute Gasteiger partial charge is 0.494 e. The lowest BCUT2D eigenvalue weighted by molar-refractivity contribution is 0.0689. The number of hydrogen-bond donors (Lipinski definition) is 2. The highest BCUT2D eigenvalue weighted by Crippen LogP contribution is 2.25. The highest BCUT2D eigenvalue weighted by Gasteiger charge is 2.15. The average Bonchev–Trinajstić information content (AvgIpc) is 2.81. The molecule has 0 aliphatic rings. The molecular weight excluding hydrogens is 268 g/mol. The van der Waals surface area contributed by atoms with Gasteiger partial charge in [0.1, 0.15) is 11.4 Å². The van der Waals surface area contributed by atoms with Crippen LogP contribution in [-0.4, -0.2) is 27.9 Å². The second-order valence-corrected chi connectivity index (χ2v) is 5.43. The summed E-state index contributed by atoms with van der Waals surface area (Å²) in [5.74, 6) is 0.427. The van der Waals surface area contributed by atoms with Crippen LogP contribution < -0.4 is 4.74 Å². The quantitative estimate of drug-likeness (QED) is 0.853. The summed E-state index contributed by atoms with van der Waals surface area (Å²) in [5.41, 5.74) is 2.28. The first kappa shape index (κ1) is 15.1. The van der Waals surface area contributed by atoms with E-state index in [2.05, 4.69) is 24.0 Å². The summed E-state index contributed by atoms with van der Waals surface area (Å²) in [4.78, 5) is 11.0. The van der Waals surface area contributed by atoms with Crippen LogP contribution in [0.2, 0.25) is 0 Å². The van der Waals surface area contributed by atoms with Crippen LogP contribution in [0, 0.1) is 12.8 Å². The Labute approximate surface area is 124 Å². The molecule has 2 rings (SSSR count).